The molecule has 0 saturated heterocycles. The van der Waals surface area contributed by atoms with Crippen LogP contribution in [0.1, 0.15) is 16.7 Å². The van der Waals surface area contributed by atoms with Crippen LogP contribution in [0.5, 0.6) is 0 Å². The highest BCUT2D eigenvalue weighted by molar-refractivity contribution is 7.92. The zero-order valence-electron chi connectivity index (χ0n) is 13.5. The van der Waals surface area contributed by atoms with Crippen LogP contribution in [0.3, 0.4) is 0 Å². The van der Waals surface area contributed by atoms with Gasteiger partial charge in [0.2, 0.25) is 10.0 Å². The van der Waals surface area contributed by atoms with Gasteiger partial charge in [0.25, 0.3) is 0 Å². The van der Waals surface area contributed by atoms with E-state index in [2.05, 4.69) is 15.8 Å². The van der Waals surface area contributed by atoms with Gasteiger partial charge in [-0.15, -0.1) is 11.3 Å². The monoisotopic (exact) mass is 358 g/mol. The molecule has 0 bridgehead atoms. The van der Waals surface area contributed by atoms with E-state index in [0.717, 1.165) is 22.4 Å². The summed E-state index contributed by atoms with van der Waals surface area (Å²) < 4.78 is 27.1. The summed E-state index contributed by atoms with van der Waals surface area (Å²) in [6, 6.07) is 15.2. The number of aryl methyl sites for hydroxylation is 2. The van der Waals surface area contributed by atoms with Crippen LogP contribution >= 0.6 is 11.3 Å². The van der Waals surface area contributed by atoms with E-state index in [0.29, 0.717) is 5.13 Å². The lowest BCUT2D eigenvalue weighted by atomic mass is 10.0. The molecule has 3 rings (SSSR count). The van der Waals surface area contributed by atoms with Crippen LogP contribution in [0.2, 0.25) is 0 Å². The number of benzene rings is 2. The summed E-state index contributed by atoms with van der Waals surface area (Å²) in [6.45, 7) is 4.07. The number of aromatic nitrogens is 1. The Balaban J connectivity index is 1.78. The largest absolute Gasteiger partial charge is 0.258 e. The predicted molar refractivity (Wildman–Crippen MR) is 99.7 cm³/mol. The van der Waals surface area contributed by atoms with Gasteiger partial charge in [0, 0.05) is 10.9 Å². The molecule has 0 aliphatic carbocycles. The lowest BCUT2D eigenvalue weighted by molar-refractivity contribution is 0.600. The molecule has 4 nitrogen and oxygen atoms in total. The molecular formula is C18H18N2O2S2. The van der Waals surface area contributed by atoms with Crippen molar-refractivity contribution in [3.63, 3.8) is 0 Å². The van der Waals surface area contributed by atoms with Crippen molar-refractivity contribution in [1.82, 2.24) is 4.98 Å². The number of sulfonamides is 1. The second-order valence-corrected chi connectivity index (χ2v) is 8.28. The molecule has 1 aromatic heterocycles. The van der Waals surface area contributed by atoms with Crippen molar-refractivity contribution in [3.8, 4) is 11.3 Å². The Hall–Kier alpha value is -2.18. The van der Waals surface area contributed by atoms with Crippen LogP contribution in [0.15, 0.2) is 53.9 Å². The fourth-order valence-electron chi connectivity index (χ4n) is 2.51. The summed E-state index contributed by atoms with van der Waals surface area (Å²) in [5.41, 5.74) is 4.87. The molecule has 0 unspecified atom stereocenters. The molecule has 24 heavy (non-hydrogen) atoms. The normalized spacial score (nSPS) is 11.4. The highest BCUT2D eigenvalue weighted by atomic mass is 32.2. The molecule has 124 valence electrons. The molecule has 0 amide bonds. The Morgan fingerprint density at radius 2 is 1.83 bits per heavy atom. The fourth-order valence-corrected chi connectivity index (χ4v) is 4.65. The molecule has 0 aliphatic rings. The highest BCUT2D eigenvalue weighted by Crippen LogP contribution is 2.28. The van der Waals surface area contributed by atoms with Gasteiger partial charge in [0.15, 0.2) is 5.13 Å². The molecule has 2 aromatic carbocycles. The van der Waals surface area contributed by atoms with Crippen LogP contribution < -0.4 is 4.72 Å². The van der Waals surface area contributed by atoms with Gasteiger partial charge in [-0.25, -0.2) is 13.4 Å². The van der Waals surface area contributed by atoms with Crippen molar-refractivity contribution in [2.45, 2.75) is 19.6 Å². The molecule has 3 aromatic rings. The predicted octanol–water partition coefficient (Wildman–Crippen LogP) is 4.37. The molecule has 1 heterocycles. The van der Waals surface area contributed by atoms with Gasteiger partial charge in [0.05, 0.1) is 11.4 Å². The van der Waals surface area contributed by atoms with Gasteiger partial charge in [0.1, 0.15) is 0 Å². The number of nitrogens with zero attached hydrogens (tertiary/aromatic N) is 1. The van der Waals surface area contributed by atoms with Crippen molar-refractivity contribution in [1.29, 1.82) is 0 Å². The SMILES string of the molecule is Cc1ccc(-c2csc(NS(=O)(=O)Cc3ccccc3)n2)c(C)c1. The van der Waals surface area contributed by atoms with E-state index < -0.39 is 10.0 Å². The minimum atomic E-state index is -3.48. The number of hydrogen-bond donors (Lipinski definition) is 1. The molecule has 1 N–H and O–H groups in total. The highest BCUT2D eigenvalue weighted by Gasteiger charge is 2.15. The van der Waals surface area contributed by atoms with E-state index in [-0.39, 0.29) is 5.75 Å². The van der Waals surface area contributed by atoms with Crippen LogP contribution in [-0.2, 0) is 15.8 Å². The molecule has 0 spiro atoms. The number of rotatable bonds is 5. The van der Waals surface area contributed by atoms with E-state index in [1.165, 1.54) is 16.9 Å². The quantitative estimate of drug-likeness (QED) is 0.737. The first-order valence-corrected chi connectivity index (χ1v) is 10.0. The van der Waals surface area contributed by atoms with E-state index in [9.17, 15) is 8.42 Å². The van der Waals surface area contributed by atoms with E-state index in [4.69, 9.17) is 0 Å². The first kappa shape index (κ1) is 16.7. The number of nitrogens with one attached hydrogen (secondary N) is 1. The van der Waals surface area contributed by atoms with Crippen molar-refractivity contribution >= 4 is 26.5 Å². The molecule has 0 atom stereocenters. The minimum Gasteiger partial charge on any atom is -0.258 e. The number of thiazole rings is 1. The molecular weight excluding hydrogens is 340 g/mol. The Morgan fingerprint density at radius 3 is 2.54 bits per heavy atom. The maximum Gasteiger partial charge on any atom is 0.238 e. The first-order chi connectivity index (χ1) is 11.4. The second-order valence-electron chi connectivity index (χ2n) is 5.70. The smallest absolute Gasteiger partial charge is 0.238 e. The van der Waals surface area contributed by atoms with Crippen molar-refractivity contribution < 1.29 is 8.42 Å². The standard InChI is InChI=1S/C18H18N2O2S2/c1-13-8-9-16(14(2)10-13)17-11-23-18(19-17)20-24(21,22)12-15-6-4-3-5-7-15/h3-11H,12H2,1-2H3,(H,19,20). The average molecular weight is 358 g/mol. The van der Waals surface area contributed by atoms with E-state index in [1.54, 1.807) is 12.1 Å². The van der Waals surface area contributed by atoms with E-state index in [1.807, 2.05) is 49.6 Å². The summed E-state index contributed by atoms with van der Waals surface area (Å²) in [4.78, 5) is 4.43. The Labute approximate surface area is 146 Å². The molecule has 0 fully saturated rings. The van der Waals surface area contributed by atoms with Crippen molar-refractivity contribution in [2.24, 2.45) is 0 Å². The molecule has 6 heteroatoms. The summed E-state index contributed by atoms with van der Waals surface area (Å²) in [5.74, 6) is -0.0632. The van der Waals surface area contributed by atoms with Gasteiger partial charge in [-0.05, 0) is 25.0 Å². The topological polar surface area (TPSA) is 59.1 Å². The Kier molecular flexibility index (Phi) is 4.69. The first-order valence-electron chi connectivity index (χ1n) is 7.50. The summed E-state index contributed by atoms with van der Waals surface area (Å²) in [5, 5.41) is 2.26. The average Bonchev–Trinajstić information content (AvgIpc) is 2.95. The zero-order chi connectivity index (χ0) is 17.2. The van der Waals surface area contributed by atoms with Gasteiger partial charge < -0.3 is 0 Å². The van der Waals surface area contributed by atoms with Gasteiger partial charge in [-0.2, -0.15) is 0 Å². The van der Waals surface area contributed by atoms with Crippen molar-refractivity contribution in [2.75, 3.05) is 4.72 Å². The lowest BCUT2D eigenvalue weighted by Gasteiger charge is -2.05. The van der Waals surface area contributed by atoms with Gasteiger partial charge in [-0.1, -0.05) is 54.1 Å². The third kappa shape index (κ3) is 4.01. The number of anilines is 1. The summed E-state index contributed by atoms with van der Waals surface area (Å²) in [7, 11) is -3.48. The molecule has 0 aliphatic heterocycles. The Bertz CT molecular complexity index is 948. The fraction of sp³-hybridized carbons (Fsp3) is 0.167. The third-order valence-corrected chi connectivity index (χ3v) is 5.71. The lowest BCUT2D eigenvalue weighted by Crippen LogP contribution is -2.14. The van der Waals surface area contributed by atoms with Crippen LogP contribution in [-0.4, -0.2) is 13.4 Å². The van der Waals surface area contributed by atoms with Crippen molar-refractivity contribution in [3.05, 3.63) is 70.6 Å². The molecule has 0 saturated carbocycles. The maximum absolute atomic E-state index is 12.3. The minimum absolute atomic E-state index is 0.0632. The van der Waals surface area contributed by atoms with E-state index >= 15 is 0 Å². The van der Waals surface area contributed by atoms with Crippen LogP contribution in [0.4, 0.5) is 5.13 Å². The Morgan fingerprint density at radius 1 is 1.08 bits per heavy atom. The number of hydrogen-bond acceptors (Lipinski definition) is 4. The van der Waals surface area contributed by atoms with Gasteiger partial charge in [-0.3, -0.25) is 4.72 Å². The second kappa shape index (κ2) is 6.75. The van der Waals surface area contributed by atoms with Crippen LogP contribution in [0.25, 0.3) is 11.3 Å². The third-order valence-electron chi connectivity index (χ3n) is 3.60. The summed E-state index contributed by atoms with van der Waals surface area (Å²) >= 11 is 1.29. The maximum atomic E-state index is 12.3. The molecule has 0 radical (unpaired) electrons. The summed E-state index contributed by atoms with van der Waals surface area (Å²) in [6.07, 6.45) is 0. The zero-order valence-corrected chi connectivity index (χ0v) is 15.1. The van der Waals surface area contributed by atoms with Crippen LogP contribution in [0, 0.1) is 13.8 Å². The van der Waals surface area contributed by atoms with Gasteiger partial charge >= 0.3 is 0 Å².